The first kappa shape index (κ1) is 19.0. The number of para-hydroxylation sites is 2. The van der Waals surface area contributed by atoms with Crippen molar-refractivity contribution < 1.29 is 9.90 Å². The molecule has 2 aromatic carbocycles. The van der Waals surface area contributed by atoms with Gasteiger partial charge in [0.25, 0.3) is 0 Å². The molecule has 2 aromatic rings. The first-order valence-corrected chi connectivity index (χ1v) is 10.5. The van der Waals surface area contributed by atoms with Crippen molar-refractivity contribution in [1.29, 1.82) is 0 Å². The van der Waals surface area contributed by atoms with E-state index >= 15 is 0 Å². The second-order valence-corrected chi connectivity index (χ2v) is 8.32. The summed E-state index contributed by atoms with van der Waals surface area (Å²) in [7, 11) is 0. The SMILES string of the molecule is C[C@@H](CN1c2ccccc2CCc2ccccc21)CN1CCCC[C@@H]1C(=O)O. The Kier molecular flexibility index (Phi) is 5.67. The summed E-state index contributed by atoms with van der Waals surface area (Å²) in [5, 5.41) is 9.59. The maximum Gasteiger partial charge on any atom is 0.320 e. The van der Waals surface area contributed by atoms with Gasteiger partial charge in [-0.3, -0.25) is 9.69 Å². The van der Waals surface area contributed by atoms with Crippen molar-refractivity contribution in [3.63, 3.8) is 0 Å². The molecule has 0 amide bonds. The van der Waals surface area contributed by atoms with Crippen LogP contribution in [0.15, 0.2) is 48.5 Å². The number of likely N-dealkylation sites (tertiary alicyclic amines) is 1. The van der Waals surface area contributed by atoms with Gasteiger partial charge in [-0.1, -0.05) is 49.7 Å². The van der Waals surface area contributed by atoms with Crippen LogP contribution in [0.3, 0.4) is 0 Å². The minimum Gasteiger partial charge on any atom is -0.480 e. The second-order valence-electron chi connectivity index (χ2n) is 8.32. The molecule has 0 spiro atoms. The molecule has 28 heavy (non-hydrogen) atoms. The molecule has 0 bridgehead atoms. The van der Waals surface area contributed by atoms with Crippen molar-refractivity contribution in [3.8, 4) is 0 Å². The zero-order valence-corrected chi connectivity index (χ0v) is 16.7. The Morgan fingerprint density at radius 1 is 1.00 bits per heavy atom. The third-order valence-corrected chi connectivity index (χ3v) is 6.17. The Bertz CT molecular complexity index is 787. The Morgan fingerprint density at radius 2 is 1.61 bits per heavy atom. The van der Waals surface area contributed by atoms with Crippen LogP contribution in [-0.4, -0.2) is 41.7 Å². The highest BCUT2D eigenvalue weighted by Gasteiger charge is 2.30. The average molecular weight is 379 g/mol. The lowest BCUT2D eigenvalue weighted by Gasteiger charge is -2.36. The Labute approximate surface area is 167 Å². The van der Waals surface area contributed by atoms with Crippen molar-refractivity contribution in [3.05, 3.63) is 59.7 Å². The van der Waals surface area contributed by atoms with E-state index in [4.69, 9.17) is 0 Å². The molecule has 4 nitrogen and oxygen atoms in total. The summed E-state index contributed by atoms with van der Waals surface area (Å²) < 4.78 is 0. The molecule has 0 aliphatic carbocycles. The van der Waals surface area contributed by atoms with Crippen LogP contribution in [0.2, 0.25) is 0 Å². The van der Waals surface area contributed by atoms with Crippen LogP contribution in [-0.2, 0) is 17.6 Å². The number of anilines is 2. The van der Waals surface area contributed by atoms with Gasteiger partial charge in [0.05, 0.1) is 0 Å². The van der Waals surface area contributed by atoms with Gasteiger partial charge < -0.3 is 10.0 Å². The van der Waals surface area contributed by atoms with E-state index in [0.29, 0.717) is 5.92 Å². The van der Waals surface area contributed by atoms with E-state index < -0.39 is 5.97 Å². The number of hydrogen-bond donors (Lipinski definition) is 1. The van der Waals surface area contributed by atoms with Gasteiger partial charge in [0.2, 0.25) is 0 Å². The molecule has 1 N–H and O–H groups in total. The van der Waals surface area contributed by atoms with Crippen LogP contribution in [0, 0.1) is 5.92 Å². The lowest BCUT2D eigenvalue weighted by Crippen LogP contribution is -2.47. The van der Waals surface area contributed by atoms with Gasteiger partial charge in [-0.15, -0.1) is 0 Å². The van der Waals surface area contributed by atoms with Crippen molar-refractivity contribution in [2.24, 2.45) is 5.92 Å². The summed E-state index contributed by atoms with van der Waals surface area (Å²) in [6.45, 7) is 4.88. The standard InChI is InChI=1S/C24H30N2O2/c1-18(16-25-15-7-6-12-23(25)24(27)28)17-26-21-10-4-2-8-19(21)13-14-20-9-3-5-11-22(20)26/h2-5,8-11,18,23H,6-7,12-17H2,1H3,(H,27,28)/t18-,23-/m1/s1. The fourth-order valence-corrected chi connectivity index (χ4v) is 4.83. The normalized spacial score (nSPS) is 20.8. The van der Waals surface area contributed by atoms with E-state index in [9.17, 15) is 9.90 Å². The van der Waals surface area contributed by atoms with Crippen molar-refractivity contribution in [2.75, 3.05) is 24.5 Å². The smallest absolute Gasteiger partial charge is 0.320 e. The highest BCUT2D eigenvalue weighted by molar-refractivity contribution is 5.73. The fourth-order valence-electron chi connectivity index (χ4n) is 4.83. The number of piperidine rings is 1. The number of nitrogens with zero attached hydrogens (tertiary/aromatic N) is 2. The highest BCUT2D eigenvalue weighted by atomic mass is 16.4. The molecule has 2 aliphatic rings. The van der Waals surface area contributed by atoms with E-state index in [0.717, 1.165) is 51.7 Å². The lowest BCUT2D eigenvalue weighted by molar-refractivity contribution is -0.144. The van der Waals surface area contributed by atoms with Gasteiger partial charge in [0.1, 0.15) is 6.04 Å². The molecule has 2 aliphatic heterocycles. The molecule has 148 valence electrons. The van der Waals surface area contributed by atoms with Crippen LogP contribution in [0.5, 0.6) is 0 Å². The van der Waals surface area contributed by atoms with E-state index in [2.05, 4.69) is 65.3 Å². The second kappa shape index (κ2) is 8.36. The first-order chi connectivity index (χ1) is 13.6. The van der Waals surface area contributed by atoms with Gasteiger partial charge in [-0.05, 0) is 61.4 Å². The van der Waals surface area contributed by atoms with Crippen LogP contribution in [0.25, 0.3) is 0 Å². The van der Waals surface area contributed by atoms with Crippen LogP contribution >= 0.6 is 0 Å². The highest BCUT2D eigenvalue weighted by Crippen LogP contribution is 2.36. The molecular weight excluding hydrogens is 348 g/mol. The van der Waals surface area contributed by atoms with Crippen LogP contribution in [0.4, 0.5) is 11.4 Å². The average Bonchev–Trinajstić information content (AvgIpc) is 2.86. The van der Waals surface area contributed by atoms with E-state index in [-0.39, 0.29) is 6.04 Å². The van der Waals surface area contributed by atoms with E-state index in [1.54, 1.807) is 0 Å². The topological polar surface area (TPSA) is 43.8 Å². The summed E-state index contributed by atoms with van der Waals surface area (Å²) in [4.78, 5) is 16.3. The molecular formula is C24H30N2O2. The Morgan fingerprint density at radius 3 is 2.21 bits per heavy atom. The van der Waals surface area contributed by atoms with Gasteiger partial charge in [-0.2, -0.15) is 0 Å². The summed E-state index contributed by atoms with van der Waals surface area (Å²) in [6, 6.07) is 17.1. The van der Waals surface area contributed by atoms with Crippen molar-refractivity contribution >= 4 is 17.3 Å². The van der Waals surface area contributed by atoms with Gasteiger partial charge in [0, 0.05) is 24.5 Å². The maximum atomic E-state index is 11.7. The summed E-state index contributed by atoms with van der Waals surface area (Å²) in [5.41, 5.74) is 5.39. The lowest BCUT2D eigenvalue weighted by atomic mass is 9.99. The van der Waals surface area contributed by atoms with Gasteiger partial charge >= 0.3 is 5.97 Å². The third kappa shape index (κ3) is 3.93. The number of aryl methyl sites for hydroxylation is 2. The van der Waals surface area contributed by atoms with Gasteiger partial charge in [0.15, 0.2) is 0 Å². The molecule has 1 fully saturated rings. The number of hydrogen-bond acceptors (Lipinski definition) is 3. The zero-order valence-electron chi connectivity index (χ0n) is 16.7. The van der Waals surface area contributed by atoms with Crippen molar-refractivity contribution in [2.45, 2.75) is 45.1 Å². The molecule has 0 unspecified atom stereocenters. The molecule has 0 aromatic heterocycles. The predicted octanol–water partition coefficient (Wildman–Crippen LogP) is 4.50. The minimum absolute atomic E-state index is 0.320. The molecule has 4 rings (SSSR count). The summed E-state index contributed by atoms with van der Waals surface area (Å²) >= 11 is 0. The number of benzene rings is 2. The molecule has 4 heteroatoms. The van der Waals surface area contributed by atoms with Gasteiger partial charge in [-0.25, -0.2) is 0 Å². The molecule has 0 radical (unpaired) electrons. The van der Waals surface area contributed by atoms with Crippen LogP contribution in [0.1, 0.15) is 37.3 Å². The number of fused-ring (bicyclic) bond motifs is 2. The summed E-state index contributed by atoms with van der Waals surface area (Å²) in [6.07, 6.45) is 5.02. The largest absolute Gasteiger partial charge is 0.480 e. The Balaban J connectivity index is 1.57. The molecule has 2 heterocycles. The summed E-state index contributed by atoms with van der Waals surface area (Å²) in [5.74, 6) is -0.295. The monoisotopic (exact) mass is 378 g/mol. The number of aliphatic carboxylic acids is 1. The number of carbonyl (C=O) groups is 1. The maximum absolute atomic E-state index is 11.7. The number of rotatable bonds is 5. The number of carboxylic acid groups (broad SMARTS) is 1. The molecule has 2 atom stereocenters. The first-order valence-electron chi connectivity index (χ1n) is 10.5. The van der Waals surface area contributed by atoms with Crippen molar-refractivity contribution in [1.82, 2.24) is 4.90 Å². The number of carboxylic acids is 1. The third-order valence-electron chi connectivity index (χ3n) is 6.17. The fraction of sp³-hybridized carbons (Fsp3) is 0.458. The minimum atomic E-state index is -0.669. The van der Waals surface area contributed by atoms with Crippen LogP contribution < -0.4 is 4.90 Å². The Hall–Kier alpha value is -2.33. The molecule has 0 saturated carbocycles. The van der Waals surface area contributed by atoms with E-state index in [1.165, 1.54) is 22.5 Å². The predicted molar refractivity (Wildman–Crippen MR) is 113 cm³/mol. The van der Waals surface area contributed by atoms with E-state index in [1.807, 2.05) is 0 Å². The zero-order chi connectivity index (χ0) is 19.5. The molecule has 1 saturated heterocycles. The quantitative estimate of drug-likeness (QED) is 0.832.